The average molecular weight is 174 g/mol. The van der Waals surface area contributed by atoms with Gasteiger partial charge in [0.1, 0.15) is 0 Å². The first-order valence-corrected chi connectivity index (χ1v) is 4.45. The van der Waals surface area contributed by atoms with Crippen molar-refractivity contribution >= 4 is 0 Å². The van der Waals surface area contributed by atoms with Gasteiger partial charge in [-0.3, -0.25) is 4.98 Å². The summed E-state index contributed by atoms with van der Waals surface area (Å²) in [6.07, 6.45) is 9.59. The molecule has 0 aromatic carbocycles. The molecule has 1 aromatic rings. The van der Waals surface area contributed by atoms with Gasteiger partial charge in [-0.25, -0.2) is 0 Å². The van der Waals surface area contributed by atoms with E-state index in [2.05, 4.69) is 23.1 Å². The van der Waals surface area contributed by atoms with Crippen LogP contribution in [0.3, 0.4) is 0 Å². The van der Waals surface area contributed by atoms with Gasteiger partial charge in [-0.15, -0.1) is 12.3 Å². The van der Waals surface area contributed by atoms with Crippen molar-refractivity contribution in [1.29, 1.82) is 0 Å². The summed E-state index contributed by atoms with van der Waals surface area (Å²) < 4.78 is 0. The predicted octanol–water partition coefficient (Wildman–Crippen LogP) is 1.76. The zero-order valence-corrected chi connectivity index (χ0v) is 7.83. The Hall–Kier alpha value is -1.33. The summed E-state index contributed by atoms with van der Waals surface area (Å²) in [5.74, 6) is 2.67. The quantitative estimate of drug-likeness (QED) is 0.703. The number of nitrogens with one attached hydrogen (secondary N) is 1. The lowest BCUT2D eigenvalue weighted by Gasteiger charge is -2.14. The van der Waals surface area contributed by atoms with Crippen LogP contribution in [0, 0.1) is 12.3 Å². The average Bonchev–Trinajstić information content (AvgIpc) is 2.19. The zero-order chi connectivity index (χ0) is 9.52. The number of nitrogens with zero attached hydrogens (tertiary/aromatic N) is 1. The molecule has 0 aliphatic heterocycles. The number of aromatic nitrogens is 1. The third kappa shape index (κ3) is 2.89. The fourth-order valence-electron chi connectivity index (χ4n) is 1.27. The molecule has 0 amide bonds. The van der Waals surface area contributed by atoms with Gasteiger partial charge in [0.2, 0.25) is 0 Å². The maximum absolute atomic E-state index is 5.29. The highest BCUT2D eigenvalue weighted by Gasteiger charge is 2.06. The molecule has 1 atom stereocenters. The molecule has 0 fully saturated rings. The molecule has 13 heavy (non-hydrogen) atoms. The van der Waals surface area contributed by atoms with E-state index in [1.165, 1.54) is 5.56 Å². The SMILES string of the molecule is C#CCC(NCC)c1ccncc1. The van der Waals surface area contributed by atoms with Gasteiger partial charge in [-0.2, -0.15) is 0 Å². The van der Waals surface area contributed by atoms with Gasteiger partial charge < -0.3 is 5.32 Å². The van der Waals surface area contributed by atoms with Crippen LogP contribution in [-0.4, -0.2) is 11.5 Å². The van der Waals surface area contributed by atoms with Gasteiger partial charge in [-0.05, 0) is 24.2 Å². The van der Waals surface area contributed by atoms with Crippen molar-refractivity contribution in [3.63, 3.8) is 0 Å². The van der Waals surface area contributed by atoms with Gasteiger partial charge in [0.05, 0.1) is 0 Å². The molecule has 1 heterocycles. The second kappa shape index (κ2) is 5.34. The smallest absolute Gasteiger partial charge is 0.0431 e. The van der Waals surface area contributed by atoms with Gasteiger partial charge in [0, 0.05) is 24.9 Å². The second-order valence-electron chi connectivity index (χ2n) is 2.80. The zero-order valence-electron chi connectivity index (χ0n) is 7.83. The number of hydrogen-bond donors (Lipinski definition) is 1. The van der Waals surface area contributed by atoms with E-state index >= 15 is 0 Å². The predicted molar refractivity (Wildman–Crippen MR) is 54.1 cm³/mol. The summed E-state index contributed by atoms with van der Waals surface area (Å²) >= 11 is 0. The van der Waals surface area contributed by atoms with E-state index in [-0.39, 0.29) is 6.04 Å². The summed E-state index contributed by atoms with van der Waals surface area (Å²) in [4.78, 5) is 3.97. The monoisotopic (exact) mass is 174 g/mol. The Morgan fingerprint density at radius 3 is 2.77 bits per heavy atom. The Bertz CT molecular complexity index is 274. The minimum atomic E-state index is 0.262. The summed E-state index contributed by atoms with van der Waals surface area (Å²) in [7, 11) is 0. The Morgan fingerprint density at radius 2 is 2.23 bits per heavy atom. The molecule has 0 saturated heterocycles. The first kappa shape index (κ1) is 9.76. The number of hydrogen-bond acceptors (Lipinski definition) is 2. The maximum atomic E-state index is 5.29. The van der Waals surface area contributed by atoms with Crippen molar-refractivity contribution in [2.75, 3.05) is 6.54 Å². The molecule has 0 bridgehead atoms. The molecule has 2 nitrogen and oxygen atoms in total. The normalized spacial score (nSPS) is 12.0. The van der Waals surface area contributed by atoms with E-state index in [0.29, 0.717) is 0 Å². The fourth-order valence-corrected chi connectivity index (χ4v) is 1.27. The van der Waals surface area contributed by atoms with Crippen LogP contribution in [0.5, 0.6) is 0 Å². The molecule has 0 aliphatic carbocycles. The fraction of sp³-hybridized carbons (Fsp3) is 0.364. The van der Waals surface area contributed by atoms with Crippen LogP contribution in [0.1, 0.15) is 24.9 Å². The summed E-state index contributed by atoms with van der Waals surface area (Å²) in [5, 5.41) is 3.33. The highest BCUT2D eigenvalue weighted by Crippen LogP contribution is 2.14. The molecule has 1 N–H and O–H groups in total. The number of terminal acetylenes is 1. The van der Waals surface area contributed by atoms with Crippen LogP contribution in [0.15, 0.2) is 24.5 Å². The van der Waals surface area contributed by atoms with Crippen LogP contribution >= 0.6 is 0 Å². The molecule has 2 heteroatoms. The lowest BCUT2D eigenvalue weighted by Crippen LogP contribution is -2.20. The first-order valence-electron chi connectivity index (χ1n) is 4.45. The van der Waals surface area contributed by atoms with E-state index in [9.17, 15) is 0 Å². The Kier molecular flexibility index (Phi) is 4.01. The molecule has 0 radical (unpaired) electrons. The van der Waals surface area contributed by atoms with Crippen molar-refractivity contribution in [2.45, 2.75) is 19.4 Å². The van der Waals surface area contributed by atoms with Gasteiger partial charge in [0.15, 0.2) is 0 Å². The molecule has 1 rings (SSSR count). The highest BCUT2D eigenvalue weighted by atomic mass is 14.9. The second-order valence-corrected chi connectivity index (χ2v) is 2.80. The minimum absolute atomic E-state index is 0.262. The Balaban J connectivity index is 2.71. The molecule has 68 valence electrons. The van der Waals surface area contributed by atoms with Crippen molar-refractivity contribution in [1.82, 2.24) is 10.3 Å². The first-order chi connectivity index (χ1) is 6.38. The van der Waals surface area contributed by atoms with E-state index in [0.717, 1.165) is 13.0 Å². The lowest BCUT2D eigenvalue weighted by atomic mass is 10.1. The molecular weight excluding hydrogens is 160 g/mol. The Morgan fingerprint density at radius 1 is 1.54 bits per heavy atom. The van der Waals surface area contributed by atoms with Gasteiger partial charge in [-0.1, -0.05) is 6.92 Å². The topological polar surface area (TPSA) is 24.9 Å². The van der Waals surface area contributed by atoms with Crippen molar-refractivity contribution in [3.8, 4) is 12.3 Å². The van der Waals surface area contributed by atoms with Crippen molar-refractivity contribution in [2.24, 2.45) is 0 Å². The summed E-state index contributed by atoms with van der Waals surface area (Å²) in [6, 6.07) is 4.24. The van der Waals surface area contributed by atoms with Crippen LogP contribution in [-0.2, 0) is 0 Å². The molecule has 1 unspecified atom stereocenters. The molecular formula is C11H14N2. The largest absolute Gasteiger partial charge is 0.309 e. The van der Waals surface area contributed by atoms with Crippen LogP contribution in [0.2, 0.25) is 0 Å². The van der Waals surface area contributed by atoms with Gasteiger partial charge in [0.25, 0.3) is 0 Å². The number of rotatable bonds is 4. The third-order valence-electron chi connectivity index (χ3n) is 1.88. The summed E-state index contributed by atoms with van der Waals surface area (Å²) in [6.45, 7) is 3.00. The van der Waals surface area contributed by atoms with E-state index in [1.54, 1.807) is 12.4 Å². The standard InChI is InChI=1S/C11H14N2/c1-3-5-11(13-4-2)10-6-8-12-9-7-10/h1,6-9,11,13H,4-5H2,2H3. The molecule has 1 aromatic heterocycles. The maximum Gasteiger partial charge on any atom is 0.0431 e. The highest BCUT2D eigenvalue weighted by molar-refractivity contribution is 5.16. The van der Waals surface area contributed by atoms with Crippen LogP contribution < -0.4 is 5.32 Å². The summed E-state index contributed by atoms with van der Waals surface area (Å²) in [5.41, 5.74) is 1.20. The molecule has 0 saturated carbocycles. The van der Waals surface area contributed by atoms with Gasteiger partial charge >= 0.3 is 0 Å². The Labute approximate surface area is 79.4 Å². The lowest BCUT2D eigenvalue weighted by molar-refractivity contribution is 0.565. The van der Waals surface area contributed by atoms with E-state index < -0.39 is 0 Å². The van der Waals surface area contributed by atoms with Crippen molar-refractivity contribution < 1.29 is 0 Å². The van der Waals surface area contributed by atoms with Crippen LogP contribution in [0.25, 0.3) is 0 Å². The molecule has 0 aliphatic rings. The van der Waals surface area contributed by atoms with E-state index in [4.69, 9.17) is 6.42 Å². The minimum Gasteiger partial charge on any atom is -0.309 e. The van der Waals surface area contributed by atoms with E-state index in [1.807, 2.05) is 12.1 Å². The molecule has 0 spiro atoms. The van der Waals surface area contributed by atoms with Crippen molar-refractivity contribution in [3.05, 3.63) is 30.1 Å². The third-order valence-corrected chi connectivity index (χ3v) is 1.88. The number of pyridine rings is 1. The van der Waals surface area contributed by atoms with Crippen LogP contribution in [0.4, 0.5) is 0 Å².